The Morgan fingerprint density at radius 3 is 2.67 bits per heavy atom. The van der Waals surface area contributed by atoms with Gasteiger partial charge in [0.25, 0.3) is 0 Å². The lowest BCUT2D eigenvalue weighted by Crippen LogP contribution is -2.14. The standard InChI is InChI=1S/C13H18N2O2S/c1-2-18(16,17)8-7-15-10-11(9-14)12-5-3-4-6-13(12)15/h3-6,10H,2,7-9,14H2,1H3. The third kappa shape index (κ3) is 2.57. The summed E-state index contributed by atoms with van der Waals surface area (Å²) in [5, 5.41) is 1.11. The zero-order chi connectivity index (χ0) is 13.2. The van der Waals surface area contributed by atoms with Gasteiger partial charge in [-0.15, -0.1) is 0 Å². The zero-order valence-corrected chi connectivity index (χ0v) is 11.3. The van der Waals surface area contributed by atoms with Gasteiger partial charge in [0.2, 0.25) is 0 Å². The van der Waals surface area contributed by atoms with Gasteiger partial charge in [0.15, 0.2) is 9.84 Å². The van der Waals surface area contributed by atoms with E-state index in [2.05, 4.69) is 0 Å². The summed E-state index contributed by atoms with van der Waals surface area (Å²) < 4.78 is 25.1. The molecule has 0 spiro atoms. The number of rotatable bonds is 5. The first kappa shape index (κ1) is 13.1. The third-order valence-electron chi connectivity index (χ3n) is 3.17. The van der Waals surface area contributed by atoms with Gasteiger partial charge in [-0.05, 0) is 11.6 Å². The number of hydrogen-bond acceptors (Lipinski definition) is 3. The van der Waals surface area contributed by atoms with E-state index >= 15 is 0 Å². The Balaban J connectivity index is 2.34. The maximum Gasteiger partial charge on any atom is 0.151 e. The van der Waals surface area contributed by atoms with Gasteiger partial charge in [0.1, 0.15) is 0 Å². The molecule has 1 aromatic heterocycles. The first-order valence-electron chi connectivity index (χ1n) is 6.04. The molecule has 0 atom stereocenters. The van der Waals surface area contributed by atoms with Crippen LogP contribution in [-0.4, -0.2) is 24.5 Å². The smallest absolute Gasteiger partial charge is 0.151 e. The average Bonchev–Trinajstić information content (AvgIpc) is 2.75. The fraction of sp³-hybridized carbons (Fsp3) is 0.385. The van der Waals surface area contributed by atoms with Gasteiger partial charge in [0.05, 0.1) is 5.75 Å². The minimum absolute atomic E-state index is 0.173. The van der Waals surface area contributed by atoms with Crippen molar-refractivity contribution >= 4 is 20.7 Å². The van der Waals surface area contributed by atoms with Crippen LogP contribution in [0.4, 0.5) is 0 Å². The molecule has 0 saturated heterocycles. The van der Waals surface area contributed by atoms with Crippen LogP contribution in [0.2, 0.25) is 0 Å². The molecule has 2 rings (SSSR count). The molecule has 0 unspecified atom stereocenters. The highest BCUT2D eigenvalue weighted by molar-refractivity contribution is 7.91. The second-order valence-corrected chi connectivity index (χ2v) is 6.78. The van der Waals surface area contributed by atoms with Crippen LogP contribution in [0.25, 0.3) is 10.9 Å². The van der Waals surface area contributed by atoms with Crippen molar-refractivity contribution in [2.75, 3.05) is 11.5 Å². The minimum atomic E-state index is -2.94. The summed E-state index contributed by atoms with van der Waals surface area (Å²) in [6, 6.07) is 7.93. The van der Waals surface area contributed by atoms with Crippen molar-refractivity contribution in [3.05, 3.63) is 36.0 Å². The number of sulfone groups is 1. The summed E-state index contributed by atoms with van der Waals surface area (Å²) in [7, 11) is -2.94. The van der Waals surface area contributed by atoms with E-state index in [-0.39, 0.29) is 11.5 Å². The third-order valence-corrected chi connectivity index (χ3v) is 4.86. The Kier molecular flexibility index (Phi) is 3.73. The fourth-order valence-corrected chi connectivity index (χ4v) is 2.82. The van der Waals surface area contributed by atoms with E-state index in [1.165, 1.54) is 0 Å². The first-order chi connectivity index (χ1) is 8.57. The molecular formula is C13H18N2O2S. The van der Waals surface area contributed by atoms with Crippen molar-refractivity contribution in [1.82, 2.24) is 4.57 Å². The number of nitrogens with zero attached hydrogens (tertiary/aromatic N) is 1. The second-order valence-electron chi connectivity index (χ2n) is 4.31. The molecule has 0 saturated carbocycles. The second kappa shape index (κ2) is 5.12. The molecule has 5 heteroatoms. The number of benzene rings is 1. The van der Waals surface area contributed by atoms with Crippen LogP contribution < -0.4 is 5.73 Å². The van der Waals surface area contributed by atoms with Gasteiger partial charge in [-0.25, -0.2) is 8.42 Å². The molecule has 0 aliphatic carbocycles. The average molecular weight is 266 g/mol. The van der Waals surface area contributed by atoms with Crippen molar-refractivity contribution in [3.63, 3.8) is 0 Å². The predicted octanol–water partition coefficient (Wildman–Crippen LogP) is 1.53. The number of aromatic nitrogens is 1. The molecule has 2 aromatic rings. The monoisotopic (exact) mass is 266 g/mol. The number of nitrogens with two attached hydrogens (primary N) is 1. The van der Waals surface area contributed by atoms with Crippen molar-refractivity contribution in [3.8, 4) is 0 Å². The Bertz CT molecular complexity index is 644. The Hall–Kier alpha value is -1.33. The summed E-state index contributed by atoms with van der Waals surface area (Å²) in [5.74, 6) is 0.363. The molecule has 98 valence electrons. The lowest BCUT2D eigenvalue weighted by Gasteiger charge is -2.05. The van der Waals surface area contributed by atoms with Crippen molar-refractivity contribution < 1.29 is 8.42 Å². The van der Waals surface area contributed by atoms with Gasteiger partial charge >= 0.3 is 0 Å². The number of aryl methyl sites for hydroxylation is 1. The number of fused-ring (bicyclic) bond motifs is 1. The van der Waals surface area contributed by atoms with Crippen LogP contribution in [0, 0.1) is 0 Å². The van der Waals surface area contributed by atoms with Crippen LogP contribution in [0.1, 0.15) is 12.5 Å². The van der Waals surface area contributed by atoms with Gasteiger partial charge in [-0.2, -0.15) is 0 Å². The number of hydrogen-bond donors (Lipinski definition) is 1. The van der Waals surface area contributed by atoms with E-state index in [1.807, 2.05) is 35.0 Å². The maximum absolute atomic E-state index is 11.5. The minimum Gasteiger partial charge on any atom is -0.346 e. The molecule has 0 aliphatic rings. The summed E-state index contributed by atoms with van der Waals surface area (Å²) in [5.41, 5.74) is 7.81. The highest BCUT2D eigenvalue weighted by atomic mass is 32.2. The van der Waals surface area contributed by atoms with E-state index in [9.17, 15) is 8.42 Å². The van der Waals surface area contributed by atoms with E-state index in [4.69, 9.17) is 5.73 Å². The fourth-order valence-electron chi connectivity index (χ4n) is 2.05. The summed E-state index contributed by atoms with van der Waals surface area (Å²) in [4.78, 5) is 0. The Labute approximate surface area is 107 Å². The van der Waals surface area contributed by atoms with Gasteiger partial charge in [-0.3, -0.25) is 0 Å². The first-order valence-corrected chi connectivity index (χ1v) is 7.87. The molecule has 0 aliphatic heterocycles. The van der Waals surface area contributed by atoms with Crippen LogP contribution in [-0.2, 0) is 22.9 Å². The van der Waals surface area contributed by atoms with E-state index < -0.39 is 9.84 Å². The van der Waals surface area contributed by atoms with Crippen LogP contribution >= 0.6 is 0 Å². The van der Waals surface area contributed by atoms with Gasteiger partial charge in [-0.1, -0.05) is 25.1 Å². The Morgan fingerprint density at radius 2 is 2.00 bits per heavy atom. The molecule has 0 fully saturated rings. The number of para-hydroxylation sites is 1. The molecular weight excluding hydrogens is 248 g/mol. The van der Waals surface area contributed by atoms with Crippen molar-refractivity contribution in [1.29, 1.82) is 0 Å². The van der Waals surface area contributed by atoms with Gasteiger partial charge in [0, 0.05) is 35.9 Å². The summed E-state index contributed by atoms with van der Waals surface area (Å²) in [6.07, 6.45) is 1.95. The quantitative estimate of drug-likeness (QED) is 0.892. The highest BCUT2D eigenvalue weighted by Crippen LogP contribution is 2.20. The van der Waals surface area contributed by atoms with Crippen molar-refractivity contribution in [2.45, 2.75) is 20.0 Å². The largest absolute Gasteiger partial charge is 0.346 e. The van der Waals surface area contributed by atoms with Crippen LogP contribution in [0.3, 0.4) is 0 Å². The molecule has 0 bridgehead atoms. The van der Waals surface area contributed by atoms with E-state index in [0.29, 0.717) is 13.1 Å². The lowest BCUT2D eigenvalue weighted by molar-refractivity contribution is 0.591. The van der Waals surface area contributed by atoms with Crippen LogP contribution in [0.15, 0.2) is 30.5 Å². The molecule has 0 radical (unpaired) electrons. The van der Waals surface area contributed by atoms with Gasteiger partial charge < -0.3 is 10.3 Å². The zero-order valence-electron chi connectivity index (χ0n) is 10.5. The van der Waals surface area contributed by atoms with E-state index in [1.54, 1.807) is 6.92 Å². The molecule has 2 N–H and O–H groups in total. The summed E-state index contributed by atoms with van der Waals surface area (Å²) >= 11 is 0. The summed E-state index contributed by atoms with van der Waals surface area (Å²) in [6.45, 7) is 2.62. The maximum atomic E-state index is 11.5. The molecule has 4 nitrogen and oxygen atoms in total. The predicted molar refractivity (Wildman–Crippen MR) is 74.2 cm³/mol. The lowest BCUT2D eigenvalue weighted by atomic mass is 10.2. The van der Waals surface area contributed by atoms with Crippen LogP contribution in [0.5, 0.6) is 0 Å². The topological polar surface area (TPSA) is 65.1 Å². The normalized spacial score (nSPS) is 12.1. The SMILES string of the molecule is CCS(=O)(=O)CCn1cc(CN)c2ccccc21. The highest BCUT2D eigenvalue weighted by Gasteiger charge is 2.11. The van der Waals surface area contributed by atoms with E-state index in [0.717, 1.165) is 16.5 Å². The molecule has 18 heavy (non-hydrogen) atoms. The molecule has 1 heterocycles. The molecule has 0 amide bonds. The Morgan fingerprint density at radius 1 is 1.28 bits per heavy atom. The van der Waals surface area contributed by atoms with Crippen molar-refractivity contribution in [2.24, 2.45) is 5.73 Å². The molecule has 1 aromatic carbocycles.